The molecule has 6 heteroatoms. The molecule has 120 valence electrons. The molecular weight excluding hydrogens is 270 g/mol. The van der Waals surface area contributed by atoms with Gasteiger partial charge in [0.1, 0.15) is 0 Å². The fourth-order valence-electron chi connectivity index (χ4n) is 2.90. The first kappa shape index (κ1) is 17.4. The fraction of sp³-hybridized carbons (Fsp3) is 0.667. The normalized spacial score (nSPS) is 12.7. The van der Waals surface area contributed by atoms with E-state index in [2.05, 4.69) is 18.7 Å². The maximum atomic E-state index is 9.57. The van der Waals surface area contributed by atoms with Crippen molar-refractivity contribution in [1.29, 1.82) is 5.41 Å². The van der Waals surface area contributed by atoms with Crippen LogP contribution in [-0.4, -0.2) is 46.4 Å². The van der Waals surface area contributed by atoms with Gasteiger partial charge >= 0.3 is 0 Å². The van der Waals surface area contributed by atoms with Crippen LogP contribution in [0.25, 0.3) is 0 Å². The Morgan fingerprint density at radius 2 is 1.67 bits per heavy atom. The molecule has 0 radical (unpaired) electrons. The van der Waals surface area contributed by atoms with Crippen LogP contribution < -0.4 is 4.84 Å². The van der Waals surface area contributed by atoms with Gasteiger partial charge in [-0.15, -0.1) is 4.73 Å². The molecule has 21 heavy (non-hydrogen) atoms. The average Bonchev–Trinajstić information content (AvgIpc) is 2.57. The Labute approximate surface area is 126 Å². The first-order chi connectivity index (χ1) is 9.44. The summed E-state index contributed by atoms with van der Waals surface area (Å²) in [5.41, 5.74) is -0.522. The SMILES string of the molecule is CN(C)CC(C)(C)CC(C)(C)C(=N)On1c(O)ccc1O. The minimum Gasteiger partial charge on any atom is -0.492 e. The van der Waals surface area contributed by atoms with Gasteiger partial charge in [0.25, 0.3) is 0 Å². The van der Waals surface area contributed by atoms with Crippen molar-refractivity contribution < 1.29 is 15.1 Å². The van der Waals surface area contributed by atoms with Crippen LogP contribution >= 0.6 is 0 Å². The summed E-state index contributed by atoms with van der Waals surface area (Å²) >= 11 is 0. The van der Waals surface area contributed by atoms with Crippen molar-refractivity contribution in [1.82, 2.24) is 9.63 Å². The van der Waals surface area contributed by atoms with Gasteiger partial charge in [-0.05, 0) is 25.9 Å². The molecule has 0 aliphatic carbocycles. The van der Waals surface area contributed by atoms with Crippen LogP contribution in [0.2, 0.25) is 0 Å². The highest BCUT2D eigenvalue weighted by Gasteiger charge is 2.35. The van der Waals surface area contributed by atoms with Crippen LogP contribution in [0.1, 0.15) is 34.1 Å². The van der Waals surface area contributed by atoms with E-state index in [4.69, 9.17) is 10.2 Å². The van der Waals surface area contributed by atoms with Crippen molar-refractivity contribution in [2.75, 3.05) is 20.6 Å². The van der Waals surface area contributed by atoms with E-state index in [0.717, 1.165) is 17.7 Å². The van der Waals surface area contributed by atoms with Gasteiger partial charge in [0.05, 0.1) is 0 Å². The fourth-order valence-corrected chi connectivity index (χ4v) is 2.90. The van der Waals surface area contributed by atoms with Crippen LogP contribution in [0.4, 0.5) is 0 Å². The van der Waals surface area contributed by atoms with Gasteiger partial charge in [-0.3, -0.25) is 5.41 Å². The van der Waals surface area contributed by atoms with Gasteiger partial charge in [0, 0.05) is 24.1 Å². The molecule has 1 rings (SSSR count). The molecular formula is C15H27N3O3. The molecule has 0 aromatic carbocycles. The number of nitrogens with zero attached hydrogens (tertiary/aromatic N) is 2. The maximum absolute atomic E-state index is 9.57. The zero-order valence-corrected chi connectivity index (χ0v) is 13.8. The number of aromatic nitrogens is 1. The molecule has 0 bridgehead atoms. The Hall–Kier alpha value is -1.69. The molecule has 0 unspecified atom stereocenters. The molecule has 0 spiro atoms. The van der Waals surface area contributed by atoms with Gasteiger partial charge < -0.3 is 20.0 Å². The summed E-state index contributed by atoms with van der Waals surface area (Å²) in [6.45, 7) is 9.03. The molecule has 6 nitrogen and oxygen atoms in total. The monoisotopic (exact) mass is 297 g/mol. The van der Waals surface area contributed by atoms with Gasteiger partial charge in [-0.25, -0.2) is 0 Å². The Morgan fingerprint density at radius 1 is 1.19 bits per heavy atom. The smallest absolute Gasteiger partial charge is 0.229 e. The largest absolute Gasteiger partial charge is 0.492 e. The predicted octanol–water partition coefficient (Wildman–Crippen LogP) is 2.31. The van der Waals surface area contributed by atoms with Crippen molar-refractivity contribution in [2.45, 2.75) is 34.1 Å². The minimum absolute atomic E-state index is 0.00341. The highest BCUT2D eigenvalue weighted by molar-refractivity contribution is 5.79. The second-order valence-corrected chi connectivity index (χ2v) is 7.23. The number of aromatic hydroxyl groups is 2. The van der Waals surface area contributed by atoms with Crippen molar-refractivity contribution in [3.8, 4) is 11.8 Å². The molecule has 0 saturated heterocycles. The van der Waals surface area contributed by atoms with E-state index in [1.165, 1.54) is 12.1 Å². The lowest BCUT2D eigenvalue weighted by Crippen LogP contribution is -2.39. The molecule has 0 aliphatic heterocycles. The predicted molar refractivity (Wildman–Crippen MR) is 82.8 cm³/mol. The van der Waals surface area contributed by atoms with E-state index in [0.29, 0.717) is 0 Å². The van der Waals surface area contributed by atoms with Crippen LogP contribution in [0.3, 0.4) is 0 Å². The molecule has 0 amide bonds. The van der Waals surface area contributed by atoms with E-state index < -0.39 is 5.41 Å². The number of rotatable bonds is 6. The standard InChI is InChI=1S/C15H27N3O3/c1-14(2,10-17(5)6)9-15(3,4)13(16)21-18-11(19)7-8-12(18)20/h7-8,16,19-20H,9-10H2,1-6H3. The lowest BCUT2D eigenvalue weighted by atomic mass is 9.74. The van der Waals surface area contributed by atoms with E-state index >= 15 is 0 Å². The van der Waals surface area contributed by atoms with Crippen LogP contribution in [0.5, 0.6) is 11.8 Å². The Kier molecular flexibility index (Phi) is 4.94. The number of hydrogen-bond donors (Lipinski definition) is 3. The number of nitrogens with one attached hydrogen (secondary N) is 1. The third kappa shape index (κ3) is 4.67. The second-order valence-electron chi connectivity index (χ2n) is 7.23. The third-order valence-corrected chi connectivity index (χ3v) is 3.26. The summed E-state index contributed by atoms with van der Waals surface area (Å²) in [5.74, 6) is -0.475. The third-order valence-electron chi connectivity index (χ3n) is 3.26. The number of hydrogen-bond acceptors (Lipinski definition) is 5. The molecule has 1 aromatic rings. The van der Waals surface area contributed by atoms with Gasteiger partial charge in [-0.1, -0.05) is 27.7 Å². The Bertz CT molecular complexity index is 485. The molecule has 0 fully saturated rings. The Morgan fingerprint density at radius 3 is 2.10 bits per heavy atom. The lowest BCUT2D eigenvalue weighted by Gasteiger charge is -2.36. The summed E-state index contributed by atoms with van der Waals surface area (Å²) in [5, 5.41) is 27.3. The maximum Gasteiger partial charge on any atom is 0.229 e. The summed E-state index contributed by atoms with van der Waals surface area (Å²) < 4.78 is 0.850. The minimum atomic E-state index is -0.525. The lowest BCUT2D eigenvalue weighted by molar-refractivity contribution is 0.135. The zero-order valence-electron chi connectivity index (χ0n) is 13.8. The van der Waals surface area contributed by atoms with Crippen LogP contribution in [-0.2, 0) is 0 Å². The molecule has 0 saturated carbocycles. The molecule has 3 N–H and O–H groups in total. The van der Waals surface area contributed by atoms with Gasteiger partial charge in [0.2, 0.25) is 17.7 Å². The van der Waals surface area contributed by atoms with Gasteiger partial charge in [-0.2, -0.15) is 0 Å². The zero-order chi connectivity index (χ0) is 16.4. The van der Waals surface area contributed by atoms with Crippen LogP contribution in [0.15, 0.2) is 12.1 Å². The first-order valence-corrected chi connectivity index (χ1v) is 6.96. The quantitative estimate of drug-likeness (QED) is 0.556. The molecule has 0 aliphatic rings. The first-order valence-electron chi connectivity index (χ1n) is 6.96. The summed E-state index contributed by atoms with van der Waals surface area (Å²) in [6, 6.07) is 2.62. The Balaban J connectivity index is 2.80. The van der Waals surface area contributed by atoms with E-state index in [-0.39, 0.29) is 23.1 Å². The van der Waals surface area contributed by atoms with Crippen molar-refractivity contribution in [3.63, 3.8) is 0 Å². The van der Waals surface area contributed by atoms with Gasteiger partial charge in [0.15, 0.2) is 0 Å². The van der Waals surface area contributed by atoms with Crippen molar-refractivity contribution in [2.24, 2.45) is 10.8 Å². The summed E-state index contributed by atoms with van der Waals surface area (Å²) in [4.78, 5) is 7.43. The highest BCUT2D eigenvalue weighted by Crippen LogP contribution is 2.35. The van der Waals surface area contributed by atoms with Crippen molar-refractivity contribution >= 4 is 5.90 Å². The summed E-state index contributed by atoms with van der Waals surface area (Å²) in [6.07, 6.45) is 0.736. The van der Waals surface area contributed by atoms with Crippen molar-refractivity contribution in [3.05, 3.63) is 12.1 Å². The van der Waals surface area contributed by atoms with E-state index in [1.54, 1.807) is 0 Å². The van der Waals surface area contributed by atoms with Crippen LogP contribution in [0, 0.1) is 16.2 Å². The molecule has 1 aromatic heterocycles. The average molecular weight is 297 g/mol. The van der Waals surface area contributed by atoms with E-state index in [1.807, 2.05) is 27.9 Å². The second kappa shape index (κ2) is 5.97. The molecule has 0 atom stereocenters. The highest BCUT2D eigenvalue weighted by atomic mass is 16.7. The summed E-state index contributed by atoms with van der Waals surface area (Å²) in [7, 11) is 4.04. The topological polar surface area (TPSA) is 81.7 Å². The van der Waals surface area contributed by atoms with E-state index in [9.17, 15) is 10.2 Å². The molecule has 1 heterocycles.